The molecule has 0 aliphatic heterocycles. The maximum atomic E-state index is 13.2. The number of para-hydroxylation sites is 2. The molecule has 6 heteroatoms. The first-order chi connectivity index (χ1) is 11.0. The minimum atomic E-state index is -0.950. The van der Waals surface area contributed by atoms with Crippen LogP contribution in [0.2, 0.25) is 0 Å². The van der Waals surface area contributed by atoms with Crippen LogP contribution < -0.4 is 14.8 Å². The van der Waals surface area contributed by atoms with Crippen LogP contribution in [-0.4, -0.2) is 19.6 Å². The minimum absolute atomic E-state index is 0.214. The SMILES string of the molecule is COc1ccccc1OCC(=O)NC(C)c1ccc(F)c(F)c1. The average molecular weight is 321 g/mol. The highest BCUT2D eigenvalue weighted by molar-refractivity contribution is 5.78. The third-order valence-corrected chi connectivity index (χ3v) is 3.25. The van der Waals surface area contributed by atoms with E-state index < -0.39 is 17.7 Å². The number of nitrogens with one attached hydrogen (secondary N) is 1. The lowest BCUT2D eigenvalue weighted by atomic mass is 10.1. The molecular formula is C17H17F2NO3. The molecule has 1 N–H and O–H groups in total. The molecule has 23 heavy (non-hydrogen) atoms. The lowest BCUT2D eigenvalue weighted by Gasteiger charge is -2.15. The number of halogens is 2. The van der Waals surface area contributed by atoms with Gasteiger partial charge in [0.1, 0.15) is 0 Å². The van der Waals surface area contributed by atoms with Gasteiger partial charge in [0.15, 0.2) is 29.7 Å². The van der Waals surface area contributed by atoms with E-state index >= 15 is 0 Å². The van der Waals surface area contributed by atoms with E-state index in [2.05, 4.69) is 5.32 Å². The summed E-state index contributed by atoms with van der Waals surface area (Å²) in [6, 6.07) is 9.99. The zero-order valence-corrected chi connectivity index (χ0v) is 12.8. The molecule has 0 spiro atoms. The van der Waals surface area contributed by atoms with Crippen molar-refractivity contribution in [3.8, 4) is 11.5 Å². The maximum absolute atomic E-state index is 13.2. The highest BCUT2D eigenvalue weighted by Gasteiger charge is 2.13. The van der Waals surface area contributed by atoms with Gasteiger partial charge in [-0.3, -0.25) is 4.79 Å². The molecule has 0 aliphatic carbocycles. The summed E-state index contributed by atoms with van der Waals surface area (Å²) in [6.45, 7) is 1.46. The zero-order valence-electron chi connectivity index (χ0n) is 12.8. The second-order valence-electron chi connectivity index (χ2n) is 4.90. The molecule has 0 bridgehead atoms. The molecule has 122 valence electrons. The maximum Gasteiger partial charge on any atom is 0.258 e. The monoisotopic (exact) mass is 321 g/mol. The van der Waals surface area contributed by atoms with Gasteiger partial charge in [0, 0.05) is 0 Å². The molecule has 0 radical (unpaired) electrons. The van der Waals surface area contributed by atoms with E-state index in [1.54, 1.807) is 31.2 Å². The van der Waals surface area contributed by atoms with E-state index in [0.717, 1.165) is 12.1 Å². The number of benzene rings is 2. The van der Waals surface area contributed by atoms with Crippen molar-refractivity contribution in [3.05, 3.63) is 59.7 Å². The van der Waals surface area contributed by atoms with Gasteiger partial charge in [0.2, 0.25) is 0 Å². The van der Waals surface area contributed by atoms with Crippen LogP contribution >= 0.6 is 0 Å². The van der Waals surface area contributed by atoms with Gasteiger partial charge in [-0.25, -0.2) is 8.78 Å². The molecule has 2 rings (SSSR count). The van der Waals surface area contributed by atoms with Crippen LogP contribution in [0, 0.1) is 11.6 Å². The molecule has 1 amide bonds. The van der Waals surface area contributed by atoms with Gasteiger partial charge in [-0.1, -0.05) is 18.2 Å². The molecular weight excluding hydrogens is 304 g/mol. The van der Waals surface area contributed by atoms with Gasteiger partial charge < -0.3 is 14.8 Å². The number of hydrogen-bond donors (Lipinski definition) is 1. The Morgan fingerprint density at radius 1 is 1.13 bits per heavy atom. The molecule has 2 aromatic carbocycles. The van der Waals surface area contributed by atoms with E-state index in [4.69, 9.17) is 9.47 Å². The Morgan fingerprint density at radius 3 is 2.48 bits per heavy atom. The van der Waals surface area contributed by atoms with E-state index in [0.29, 0.717) is 17.1 Å². The van der Waals surface area contributed by atoms with Crippen molar-refractivity contribution in [2.24, 2.45) is 0 Å². The number of carbonyl (C=O) groups excluding carboxylic acids is 1. The Labute approximate surface area is 133 Å². The smallest absolute Gasteiger partial charge is 0.258 e. The topological polar surface area (TPSA) is 47.6 Å². The molecule has 1 atom stereocenters. The molecule has 0 heterocycles. The van der Waals surface area contributed by atoms with E-state index in [-0.39, 0.29) is 12.5 Å². The van der Waals surface area contributed by atoms with Gasteiger partial charge in [0.25, 0.3) is 5.91 Å². The molecule has 0 saturated heterocycles. The largest absolute Gasteiger partial charge is 0.493 e. The first-order valence-corrected chi connectivity index (χ1v) is 7.01. The van der Waals surface area contributed by atoms with Crippen molar-refractivity contribution < 1.29 is 23.0 Å². The second-order valence-corrected chi connectivity index (χ2v) is 4.90. The first-order valence-electron chi connectivity index (χ1n) is 7.01. The van der Waals surface area contributed by atoms with Crippen molar-refractivity contribution in [2.75, 3.05) is 13.7 Å². The van der Waals surface area contributed by atoms with Crippen molar-refractivity contribution in [1.29, 1.82) is 0 Å². The number of amides is 1. The van der Waals surface area contributed by atoms with Crippen molar-refractivity contribution in [1.82, 2.24) is 5.32 Å². The average Bonchev–Trinajstić information content (AvgIpc) is 2.55. The summed E-state index contributed by atoms with van der Waals surface area (Å²) in [5.41, 5.74) is 0.467. The summed E-state index contributed by atoms with van der Waals surface area (Å²) < 4.78 is 36.6. The number of ether oxygens (including phenoxy) is 2. The Bertz CT molecular complexity index is 691. The van der Waals surface area contributed by atoms with Crippen molar-refractivity contribution >= 4 is 5.91 Å². The van der Waals surface area contributed by atoms with Crippen LogP contribution in [0.4, 0.5) is 8.78 Å². The summed E-state index contributed by atoms with van der Waals surface area (Å²) in [5, 5.41) is 2.66. The van der Waals surface area contributed by atoms with Gasteiger partial charge in [-0.05, 0) is 36.8 Å². The fourth-order valence-electron chi connectivity index (χ4n) is 2.03. The van der Waals surface area contributed by atoms with E-state index in [1.807, 2.05) is 0 Å². The van der Waals surface area contributed by atoms with Gasteiger partial charge >= 0.3 is 0 Å². The Hall–Kier alpha value is -2.63. The molecule has 4 nitrogen and oxygen atoms in total. The Kier molecular flexibility index (Phi) is 5.51. The predicted octanol–water partition coefficient (Wildman–Crippen LogP) is 3.23. The molecule has 0 aliphatic rings. The summed E-state index contributed by atoms with van der Waals surface area (Å²) in [7, 11) is 1.51. The van der Waals surface area contributed by atoms with Crippen LogP contribution in [0.1, 0.15) is 18.5 Å². The number of carbonyl (C=O) groups is 1. The molecule has 1 unspecified atom stereocenters. The Morgan fingerprint density at radius 2 is 1.83 bits per heavy atom. The third-order valence-electron chi connectivity index (χ3n) is 3.25. The second kappa shape index (κ2) is 7.58. The third kappa shape index (κ3) is 4.42. The van der Waals surface area contributed by atoms with Crippen LogP contribution in [0.25, 0.3) is 0 Å². The fourth-order valence-corrected chi connectivity index (χ4v) is 2.03. The summed E-state index contributed by atoms with van der Waals surface area (Å²) in [6.07, 6.45) is 0. The first kappa shape index (κ1) is 16.7. The van der Waals surface area contributed by atoms with Crippen molar-refractivity contribution in [2.45, 2.75) is 13.0 Å². The molecule has 2 aromatic rings. The number of rotatable bonds is 6. The lowest BCUT2D eigenvalue weighted by molar-refractivity contribution is -0.123. The standard InChI is InChI=1S/C17H17F2NO3/c1-11(12-7-8-13(18)14(19)9-12)20-17(21)10-23-16-6-4-3-5-15(16)22-2/h3-9,11H,10H2,1-2H3,(H,20,21). The van der Waals surface area contributed by atoms with E-state index in [1.165, 1.54) is 13.2 Å². The Balaban J connectivity index is 1.92. The van der Waals surface area contributed by atoms with Gasteiger partial charge in [-0.2, -0.15) is 0 Å². The number of hydrogen-bond acceptors (Lipinski definition) is 3. The summed E-state index contributed by atoms with van der Waals surface area (Å²) in [4.78, 5) is 11.9. The molecule has 0 saturated carbocycles. The minimum Gasteiger partial charge on any atom is -0.493 e. The van der Waals surface area contributed by atoms with Crippen LogP contribution in [-0.2, 0) is 4.79 Å². The van der Waals surface area contributed by atoms with E-state index in [9.17, 15) is 13.6 Å². The fraction of sp³-hybridized carbons (Fsp3) is 0.235. The van der Waals surface area contributed by atoms with Crippen LogP contribution in [0.5, 0.6) is 11.5 Å². The lowest BCUT2D eigenvalue weighted by Crippen LogP contribution is -2.31. The predicted molar refractivity (Wildman–Crippen MR) is 81.4 cm³/mol. The van der Waals surface area contributed by atoms with Gasteiger partial charge in [0.05, 0.1) is 13.2 Å². The van der Waals surface area contributed by atoms with Crippen molar-refractivity contribution in [3.63, 3.8) is 0 Å². The highest BCUT2D eigenvalue weighted by Crippen LogP contribution is 2.25. The summed E-state index contributed by atoms with van der Waals surface area (Å²) in [5.74, 6) is -1.28. The summed E-state index contributed by atoms with van der Waals surface area (Å²) >= 11 is 0. The molecule has 0 aromatic heterocycles. The quantitative estimate of drug-likeness (QED) is 0.888. The highest BCUT2D eigenvalue weighted by atomic mass is 19.2. The number of methoxy groups -OCH3 is 1. The zero-order chi connectivity index (χ0) is 16.8. The molecule has 0 fully saturated rings. The normalized spacial score (nSPS) is 11.7. The van der Waals surface area contributed by atoms with Gasteiger partial charge in [-0.15, -0.1) is 0 Å². The van der Waals surface area contributed by atoms with Crippen LogP contribution in [0.15, 0.2) is 42.5 Å². The van der Waals surface area contributed by atoms with Crippen LogP contribution in [0.3, 0.4) is 0 Å².